The molecule has 1 N–H and O–H groups in total. The van der Waals surface area contributed by atoms with Crippen LogP contribution in [0.5, 0.6) is 0 Å². The Kier molecular flexibility index (Phi) is 3.42. The third kappa shape index (κ3) is 2.04. The van der Waals surface area contributed by atoms with Gasteiger partial charge in [-0.2, -0.15) is 13.2 Å². The first-order valence-corrected chi connectivity index (χ1v) is 7.96. The summed E-state index contributed by atoms with van der Waals surface area (Å²) in [6.07, 6.45) is -2.93. The Bertz CT molecular complexity index is 708. The Labute approximate surface area is 138 Å². The van der Waals surface area contributed by atoms with E-state index in [0.717, 1.165) is 12.1 Å². The zero-order chi connectivity index (χ0) is 18.0. The number of fused-ring (bicyclic) bond motifs is 2. The topological polar surface area (TPSA) is 46.2 Å². The summed E-state index contributed by atoms with van der Waals surface area (Å²) < 4.78 is 37.8. The summed E-state index contributed by atoms with van der Waals surface area (Å²) in [4.78, 5) is 25.3. The van der Waals surface area contributed by atoms with Crippen molar-refractivity contribution in [3.05, 3.63) is 29.8 Å². The Hall–Kier alpha value is -1.85. The molecule has 3 nitrogen and oxygen atoms in total. The normalized spacial score (nSPS) is 31.3. The molecule has 0 heterocycles. The molecule has 1 aromatic carbocycles. The Balaban J connectivity index is 1.85. The highest BCUT2D eigenvalue weighted by Crippen LogP contribution is 2.70. The molecular formula is C18H20F3NO2. The van der Waals surface area contributed by atoms with Crippen molar-refractivity contribution in [2.24, 2.45) is 16.2 Å². The third-order valence-electron chi connectivity index (χ3n) is 6.61. The first kappa shape index (κ1) is 17.0. The van der Waals surface area contributed by atoms with Gasteiger partial charge in [-0.1, -0.05) is 20.8 Å². The number of carbonyl (C=O) groups excluding carboxylic acids is 2. The summed E-state index contributed by atoms with van der Waals surface area (Å²) >= 11 is 0. The van der Waals surface area contributed by atoms with Crippen molar-refractivity contribution in [2.45, 2.75) is 46.2 Å². The molecule has 2 saturated carbocycles. The van der Waals surface area contributed by atoms with Gasteiger partial charge in [0.05, 0.1) is 11.0 Å². The van der Waals surface area contributed by atoms with Crippen LogP contribution in [0.3, 0.4) is 0 Å². The predicted octanol–water partition coefficient (Wildman–Crippen LogP) is 4.43. The van der Waals surface area contributed by atoms with Crippen LogP contribution in [0.2, 0.25) is 0 Å². The van der Waals surface area contributed by atoms with Crippen LogP contribution in [0.1, 0.15) is 45.6 Å². The number of nitrogens with one attached hydrogen (secondary N) is 1. The second-order valence-electron chi connectivity index (χ2n) is 7.67. The van der Waals surface area contributed by atoms with E-state index in [1.54, 1.807) is 0 Å². The van der Waals surface area contributed by atoms with Crippen molar-refractivity contribution in [3.63, 3.8) is 0 Å². The van der Waals surface area contributed by atoms with Crippen LogP contribution in [0.15, 0.2) is 24.3 Å². The molecule has 2 atom stereocenters. The number of hydrogen-bond acceptors (Lipinski definition) is 2. The van der Waals surface area contributed by atoms with E-state index >= 15 is 0 Å². The van der Waals surface area contributed by atoms with Gasteiger partial charge in [0.25, 0.3) is 0 Å². The fourth-order valence-electron chi connectivity index (χ4n) is 4.35. The molecule has 24 heavy (non-hydrogen) atoms. The van der Waals surface area contributed by atoms with Crippen LogP contribution in [0.25, 0.3) is 0 Å². The van der Waals surface area contributed by atoms with Crippen LogP contribution < -0.4 is 5.32 Å². The minimum Gasteiger partial charge on any atom is -0.326 e. The zero-order valence-electron chi connectivity index (χ0n) is 13.9. The van der Waals surface area contributed by atoms with E-state index in [4.69, 9.17) is 0 Å². The number of benzene rings is 1. The van der Waals surface area contributed by atoms with Crippen LogP contribution in [-0.4, -0.2) is 11.7 Å². The first-order valence-electron chi connectivity index (χ1n) is 7.96. The third-order valence-corrected chi connectivity index (χ3v) is 6.61. The highest BCUT2D eigenvalue weighted by atomic mass is 19.4. The van der Waals surface area contributed by atoms with E-state index in [0.29, 0.717) is 18.5 Å². The molecule has 130 valence electrons. The molecular weight excluding hydrogens is 319 g/mol. The lowest BCUT2D eigenvalue weighted by Gasteiger charge is -2.38. The maximum Gasteiger partial charge on any atom is 0.416 e. The largest absolute Gasteiger partial charge is 0.416 e. The van der Waals surface area contributed by atoms with Crippen molar-refractivity contribution in [1.82, 2.24) is 0 Å². The van der Waals surface area contributed by atoms with E-state index in [1.807, 2.05) is 20.8 Å². The monoisotopic (exact) mass is 339 g/mol. The molecule has 0 aromatic heterocycles. The lowest BCUT2D eigenvalue weighted by molar-refractivity contribution is -0.137. The van der Waals surface area contributed by atoms with Crippen molar-refractivity contribution >= 4 is 17.4 Å². The molecule has 2 aliphatic carbocycles. The molecule has 3 rings (SSSR count). The maximum absolute atomic E-state index is 12.9. The van der Waals surface area contributed by atoms with Gasteiger partial charge >= 0.3 is 6.18 Å². The summed E-state index contributed by atoms with van der Waals surface area (Å²) in [6, 6.07) is 4.37. The van der Waals surface area contributed by atoms with Crippen molar-refractivity contribution in [3.8, 4) is 0 Å². The molecule has 0 radical (unpaired) electrons. The smallest absolute Gasteiger partial charge is 0.326 e. The summed E-state index contributed by atoms with van der Waals surface area (Å²) in [6.45, 7) is 5.80. The lowest BCUT2D eigenvalue weighted by atomic mass is 9.64. The van der Waals surface area contributed by atoms with Gasteiger partial charge in [0, 0.05) is 17.5 Å². The molecule has 0 aliphatic heterocycles. The van der Waals surface area contributed by atoms with E-state index < -0.39 is 28.0 Å². The van der Waals surface area contributed by atoms with Crippen LogP contribution in [0.4, 0.5) is 18.9 Å². The molecule has 1 amide bonds. The average Bonchev–Trinajstić information content (AvgIpc) is 2.77. The maximum atomic E-state index is 12.9. The van der Waals surface area contributed by atoms with Crippen LogP contribution in [-0.2, 0) is 15.8 Å². The zero-order valence-corrected chi connectivity index (χ0v) is 13.9. The van der Waals surface area contributed by atoms with Crippen LogP contribution >= 0.6 is 0 Å². The Morgan fingerprint density at radius 2 is 1.67 bits per heavy atom. The Morgan fingerprint density at radius 1 is 1.08 bits per heavy atom. The molecule has 6 heteroatoms. The van der Waals surface area contributed by atoms with Gasteiger partial charge in [0.1, 0.15) is 5.78 Å². The summed E-state index contributed by atoms with van der Waals surface area (Å²) in [5.74, 6) is -0.178. The van der Waals surface area contributed by atoms with E-state index in [-0.39, 0.29) is 18.1 Å². The SMILES string of the molecule is CC1(C)[C@]2(C(=O)Nc3ccc(C(F)(F)F)cc3)CC[C@]1(C)C(=O)C2. The van der Waals surface area contributed by atoms with Gasteiger partial charge in [0.15, 0.2) is 0 Å². The van der Waals surface area contributed by atoms with Gasteiger partial charge in [-0.15, -0.1) is 0 Å². The number of alkyl halides is 3. The molecule has 0 saturated heterocycles. The van der Waals surface area contributed by atoms with Gasteiger partial charge in [0.2, 0.25) is 5.91 Å². The summed E-state index contributed by atoms with van der Waals surface area (Å²) in [7, 11) is 0. The fourth-order valence-corrected chi connectivity index (χ4v) is 4.35. The number of hydrogen-bond donors (Lipinski definition) is 1. The van der Waals surface area contributed by atoms with E-state index in [1.165, 1.54) is 12.1 Å². The number of carbonyl (C=O) groups is 2. The summed E-state index contributed by atoms with van der Waals surface area (Å²) in [5.41, 5.74) is -2.23. The minimum atomic E-state index is -4.41. The molecule has 2 aliphatic rings. The number of Topliss-reactive ketones (excluding diaryl/α,β-unsaturated/α-hetero) is 1. The van der Waals surface area contributed by atoms with E-state index in [2.05, 4.69) is 5.32 Å². The molecule has 0 spiro atoms. The Morgan fingerprint density at radius 3 is 2.08 bits per heavy atom. The summed E-state index contributed by atoms with van der Waals surface area (Å²) in [5, 5.41) is 2.72. The quantitative estimate of drug-likeness (QED) is 0.866. The molecule has 1 aromatic rings. The number of rotatable bonds is 2. The van der Waals surface area contributed by atoms with Gasteiger partial charge in [-0.25, -0.2) is 0 Å². The van der Waals surface area contributed by atoms with Crippen LogP contribution in [0, 0.1) is 16.2 Å². The number of anilines is 1. The van der Waals surface area contributed by atoms with Crippen molar-refractivity contribution in [2.75, 3.05) is 5.32 Å². The average molecular weight is 339 g/mol. The molecule has 2 fully saturated rings. The van der Waals surface area contributed by atoms with Crippen molar-refractivity contribution < 1.29 is 22.8 Å². The lowest BCUT2D eigenvalue weighted by Crippen LogP contribution is -2.43. The van der Waals surface area contributed by atoms with Gasteiger partial charge in [-0.3, -0.25) is 9.59 Å². The van der Waals surface area contributed by atoms with E-state index in [9.17, 15) is 22.8 Å². The molecule has 2 bridgehead atoms. The van der Waals surface area contributed by atoms with Crippen molar-refractivity contribution in [1.29, 1.82) is 0 Å². The first-order chi connectivity index (χ1) is 10.9. The minimum absolute atomic E-state index is 0.0984. The fraction of sp³-hybridized carbons (Fsp3) is 0.556. The standard InChI is InChI=1S/C18H20F3NO2/c1-15(2)16(3)8-9-17(15,10-13(16)23)14(24)22-12-6-4-11(5-7-12)18(19,20)21/h4-7H,8-10H2,1-3H3,(H,22,24)/t16-,17-/m1/s1. The van der Waals surface area contributed by atoms with Gasteiger partial charge in [-0.05, 0) is 42.5 Å². The second kappa shape index (κ2) is 4.83. The second-order valence-corrected chi connectivity index (χ2v) is 7.67. The number of halogens is 3. The number of amides is 1. The highest BCUT2D eigenvalue weighted by molar-refractivity contribution is 6.04. The predicted molar refractivity (Wildman–Crippen MR) is 83.3 cm³/mol. The highest BCUT2D eigenvalue weighted by Gasteiger charge is 2.72. The van der Waals surface area contributed by atoms with Gasteiger partial charge < -0.3 is 5.32 Å². The molecule has 0 unspecified atom stereocenters. The number of ketones is 1.